The number of methoxy groups -OCH3 is 1. The van der Waals surface area contributed by atoms with Crippen molar-refractivity contribution in [3.8, 4) is 0 Å². The van der Waals surface area contributed by atoms with E-state index in [9.17, 15) is 4.79 Å². The first-order valence-electron chi connectivity index (χ1n) is 6.11. The van der Waals surface area contributed by atoms with Crippen molar-refractivity contribution in [3.05, 3.63) is 12.7 Å². The van der Waals surface area contributed by atoms with Gasteiger partial charge in [-0.15, -0.1) is 6.58 Å². The molecule has 0 spiro atoms. The van der Waals surface area contributed by atoms with E-state index in [-0.39, 0.29) is 23.5 Å². The fraction of sp³-hybridized carbons (Fsp3) is 0.769. The number of nitrogens with one attached hydrogen (secondary N) is 2. The fourth-order valence-electron chi connectivity index (χ4n) is 2.27. The van der Waals surface area contributed by atoms with Gasteiger partial charge in [-0.25, -0.2) is 0 Å². The van der Waals surface area contributed by atoms with E-state index in [1.54, 1.807) is 13.2 Å². The first-order valence-corrected chi connectivity index (χ1v) is 6.11. The minimum Gasteiger partial charge on any atom is -0.381 e. The third-order valence-corrected chi connectivity index (χ3v) is 3.73. The van der Waals surface area contributed by atoms with Crippen molar-refractivity contribution >= 4 is 5.91 Å². The summed E-state index contributed by atoms with van der Waals surface area (Å²) in [4.78, 5) is 11.7. The SMILES string of the molecule is C=CCNC(=O)C(C)NC1CC(OC)C1(C)C. The highest BCUT2D eigenvalue weighted by atomic mass is 16.5. The first kappa shape index (κ1) is 14.2. The normalized spacial score (nSPS) is 28.0. The Kier molecular flexibility index (Phi) is 4.71. The van der Waals surface area contributed by atoms with Crippen LogP contribution >= 0.6 is 0 Å². The maximum absolute atomic E-state index is 11.7. The van der Waals surface area contributed by atoms with Crippen LogP contribution in [0.4, 0.5) is 0 Å². The molecule has 1 rings (SSSR count). The quantitative estimate of drug-likeness (QED) is 0.683. The smallest absolute Gasteiger partial charge is 0.237 e. The molecule has 17 heavy (non-hydrogen) atoms. The molecule has 0 aromatic carbocycles. The summed E-state index contributed by atoms with van der Waals surface area (Å²) >= 11 is 0. The minimum atomic E-state index is -0.183. The predicted octanol–water partition coefficient (Wildman–Crippen LogP) is 1.08. The molecule has 3 unspecified atom stereocenters. The van der Waals surface area contributed by atoms with E-state index in [0.717, 1.165) is 6.42 Å². The first-order chi connectivity index (χ1) is 7.93. The lowest BCUT2D eigenvalue weighted by Gasteiger charge is -2.52. The zero-order valence-electron chi connectivity index (χ0n) is 11.2. The van der Waals surface area contributed by atoms with Gasteiger partial charge in [0.1, 0.15) is 0 Å². The second-order valence-electron chi connectivity index (χ2n) is 5.26. The van der Waals surface area contributed by atoms with E-state index in [0.29, 0.717) is 12.6 Å². The highest BCUT2D eigenvalue weighted by Gasteiger charge is 2.49. The summed E-state index contributed by atoms with van der Waals surface area (Å²) in [6.07, 6.45) is 2.92. The number of carbonyl (C=O) groups is 1. The molecule has 0 heterocycles. The van der Waals surface area contributed by atoms with Gasteiger partial charge in [0.25, 0.3) is 0 Å². The fourth-order valence-corrected chi connectivity index (χ4v) is 2.27. The Labute approximate surface area is 104 Å². The van der Waals surface area contributed by atoms with Crippen molar-refractivity contribution in [2.75, 3.05) is 13.7 Å². The summed E-state index contributed by atoms with van der Waals surface area (Å²) in [7, 11) is 1.74. The Morgan fingerprint density at radius 1 is 1.65 bits per heavy atom. The largest absolute Gasteiger partial charge is 0.381 e. The summed E-state index contributed by atoms with van der Waals surface area (Å²) in [6, 6.07) is 0.147. The molecule has 0 bridgehead atoms. The molecular formula is C13H24N2O2. The molecule has 3 atom stereocenters. The number of carbonyl (C=O) groups excluding carboxylic acids is 1. The van der Waals surface area contributed by atoms with E-state index in [1.807, 2.05) is 6.92 Å². The molecule has 98 valence electrons. The Morgan fingerprint density at radius 3 is 2.76 bits per heavy atom. The summed E-state index contributed by atoms with van der Waals surface area (Å²) in [5, 5.41) is 6.14. The summed E-state index contributed by atoms with van der Waals surface area (Å²) in [6.45, 7) is 10.3. The standard InChI is InChI=1S/C13H24N2O2/c1-6-7-14-12(16)9(2)15-10-8-11(17-5)13(10,3)4/h6,9-11,15H,1,7-8H2,2-5H3,(H,14,16). The van der Waals surface area contributed by atoms with E-state index in [4.69, 9.17) is 4.74 Å². The molecule has 2 N–H and O–H groups in total. The Bertz CT molecular complexity index is 289. The molecule has 4 nitrogen and oxygen atoms in total. The summed E-state index contributed by atoms with van der Waals surface area (Å²) < 4.78 is 5.38. The lowest BCUT2D eigenvalue weighted by atomic mass is 9.64. The minimum absolute atomic E-state index is 0.0153. The third-order valence-electron chi connectivity index (χ3n) is 3.73. The van der Waals surface area contributed by atoms with Crippen LogP contribution in [0.15, 0.2) is 12.7 Å². The van der Waals surface area contributed by atoms with Crippen LogP contribution in [0.25, 0.3) is 0 Å². The molecule has 1 fully saturated rings. The van der Waals surface area contributed by atoms with Gasteiger partial charge in [-0.3, -0.25) is 4.79 Å². The van der Waals surface area contributed by atoms with Crippen molar-refractivity contribution in [1.82, 2.24) is 10.6 Å². The van der Waals surface area contributed by atoms with Gasteiger partial charge in [-0.05, 0) is 13.3 Å². The van der Waals surface area contributed by atoms with Crippen molar-refractivity contribution in [2.45, 2.75) is 45.4 Å². The van der Waals surface area contributed by atoms with Gasteiger partial charge in [-0.1, -0.05) is 19.9 Å². The maximum atomic E-state index is 11.7. The van der Waals surface area contributed by atoms with Crippen LogP contribution in [0, 0.1) is 5.41 Å². The second-order valence-corrected chi connectivity index (χ2v) is 5.26. The number of ether oxygens (including phenoxy) is 1. The molecule has 1 aliphatic carbocycles. The molecular weight excluding hydrogens is 216 g/mol. The van der Waals surface area contributed by atoms with Crippen LogP contribution in [0.1, 0.15) is 27.2 Å². The molecule has 4 heteroatoms. The Morgan fingerprint density at radius 2 is 2.29 bits per heavy atom. The van der Waals surface area contributed by atoms with E-state index in [1.165, 1.54) is 0 Å². The molecule has 0 aromatic rings. The van der Waals surface area contributed by atoms with Crippen molar-refractivity contribution in [3.63, 3.8) is 0 Å². The maximum Gasteiger partial charge on any atom is 0.237 e. The van der Waals surface area contributed by atoms with E-state index in [2.05, 4.69) is 31.1 Å². The van der Waals surface area contributed by atoms with Gasteiger partial charge in [0.2, 0.25) is 5.91 Å². The number of rotatable bonds is 6. The lowest BCUT2D eigenvalue weighted by molar-refractivity contribution is -0.127. The molecule has 1 saturated carbocycles. The summed E-state index contributed by atoms with van der Waals surface area (Å²) in [5.41, 5.74) is 0.0850. The van der Waals surface area contributed by atoms with Crippen LogP contribution < -0.4 is 10.6 Å². The van der Waals surface area contributed by atoms with Crippen molar-refractivity contribution < 1.29 is 9.53 Å². The lowest BCUT2D eigenvalue weighted by Crippen LogP contribution is -2.63. The van der Waals surface area contributed by atoms with Crippen LogP contribution in [0.5, 0.6) is 0 Å². The van der Waals surface area contributed by atoms with E-state index >= 15 is 0 Å². The van der Waals surface area contributed by atoms with Gasteiger partial charge in [0.15, 0.2) is 0 Å². The van der Waals surface area contributed by atoms with Gasteiger partial charge >= 0.3 is 0 Å². The zero-order chi connectivity index (χ0) is 13.1. The highest BCUT2D eigenvalue weighted by molar-refractivity contribution is 5.81. The molecule has 1 amide bonds. The van der Waals surface area contributed by atoms with Crippen LogP contribution in [0.2, 0.25) is 0 Å². The monoisotopic (exact) mass is 240 g/mol. The van der Waals surface area contributed by atoms with Gasteiger partial charge in [0.05, 0.1) is 12.1 Å². The molecule has 0 aliphatic heterocycles. The second kappa shape index (κ2) is 5.65. The topological polar surface area (TPSA) is 50.4 Å². The molecule has 0 aromatic heterocycles. The highest BCUT2D eigenvalue weighted by Crippen LogP contribution is 2.42. The molecule has 0 saturated heterocycles. The Balaban J connectivity index is 2.40. The van der Waals surface area contributed by atoms with Crippen molar-refractivity contribution in [1.29, 1.82) is 0 Å². The molecule has 0 radical (unpaired) electrons. The van der Waals surface area contributed by atoms with Crippen LogP contribution in [-0.2, 0) is 9.53 Å². The van der Waals surface area contributed by atoms with Crippen LogP contribution in [-0.4, -0.2) is 37.7 Å². The number of hydrogen-bond acceptors (Lipinski definition) is 3. The average molecular weight is 240 g/mol. The third kappa shape index (κ3) is 3.07. The summed E-state index contributed by atoms with van der Waals surface area (Å²) in [5.74, 6) is 0.0153. The Hall–Kier alpha value is -0.870. The van der Waals surface area contributed by atoms with Crippen LogP contribution in [0.3, 0.4) is 0 Å². The number of amides is 1. The van der Waals surface area contributed by atoms with E-state index < -0.39 is 0 Å². The van der Waals surface area contributed by atoms with Crippen molar-refractivity contribution in [2.24, 2.45) is 5.41 Å². The predicted molar refractivity (Wildman–Crippen MR) is 68.8 cm³/mol. The number of hydrogen-bond donors (Lipinski definition) is 2. The van der Waals surface area contributed by atoms with Gasteiger partial charge < -0.3 is 15.4 Å². The average Bonchev–Trinajstić information content (AvgIpc) is 2.30. The molecule has 1 aliphatic rings. The van der Waals surface area contributed by atoms with Gasteiger partial charge in [-0.2, -0.15) is 0 Å². The zero-order valence-corrected chi connectivity index (χ0v) is 11.2. The van der Waals surface area contributed by atoms with Gasteiger partial charge in [0, 0.05) is 25.1 Å².